The van der Waals surface area contributed by atoms with Crippen molar-refractivity contribution in [3.05, 3.63) is 35.9 Å². The standard InChI is InChI=1S/C15H17NO3/c1-2-5-11-12(15(17)16-8-3-4-9-16)6-7-13-14(11)19-10-18-13/h2,6-7H,1,3-5,8-10H2. The maximum atomic E-state index is 12.5. The van der Waals surface area contributed by atoms with Crippen molar-refractivity contribution in [1.82, 2.24) is 4.90 Å². The van der Waals surface area contributed by atoms with E-state index in [1.54, 1.807) is 6.08 Å². The Hall–Kier alpha value is -1.97. The van der Waals surface area contributed by atoms with Gasteiger partial charge in [0.2, 0.25) is 6.79 Å². The van der Waals surface area contributed by atoms with E-state index in [0.717, 1.165) is 37.2 Å². The van der Waals surface area contributed by atoms with Gasteiger partial charge in [-0.15, -0.1) is 6.58 Å². The highest BCUT2D eigenvalue weighted by Crippen LogP contribution is 2.38. The number of benzene rings is 1. The summed E-state index contributed by atoms with van der Waals surface area (Å²) >= 11 is 0. The zero-order chi connectivity index (χ0) is 13.2. The molecule has 0 radical (unpaired) electrons. The Kier molecular flexibility index (Phi) is 3.15. The van der Waals surface area contributed by atoms with Crippen LogP contribution in [0.5, 0.6) is 11.5 Å². The molecule has 0 saturated carbocycles. The molecule has 0 atom stereocenters. The Morgan fingerprint density at radius 1 is 1.32 bits per heavy atom. The van der Waals surface area contributed by atoms with Gasteiger partial charge in [-0.1, -0.05) is 6.08 Å². The number of rotatable bonds is 3. The van der Waals surface area contributed by atoms with Crippen molar-refractivity contribution in [2.45, 2.75) is 19.3 Å². The van der Waals surface area contributed by atoms with E-state index in [2.05, 4.69) is 6.58 Å². The molecule has 0 aromatic heterocycles. The average molecular weight is 259 g/mol. The molecule has 0 spiro atoms. The summed E-state index contributed by atoms with van der Waals surface area (Å²) < 4.78 is 10.9. The lowest BCUT2D eigenvalue weighted by atomic mass is 10.0. The number of carbonyl (C=O) groups is 1. The molecule has 19 heavy (non-hydrogen) atoms. The number of allylic oxidation sites excluding steroid dienone is 1. The summed E-state index contributed by atoms with van der Waals surface area (Å²) in [6.45, 7) is 5.68. The van der Waals surface area contributed by atoms with Crippen molar-refractivity contribution < 1.29 is 14.3 Å². The topological polar surface area (TPSA) is 38.8 Å². The number of hydrogen-bond acceptors (Lipinski definition) is 3. The molecule has 3 rings (SSSR count). The Labute approximate surface area is 112 Å². The number of fused-ring (bicyclic) bond motifs is 1. The van der Waals surface area contributed by atoms with Gasteiger partial charge in [-0.2, -0.15) is 0 Å². The van der Waals surface area contributed by atoms with Gasteiger partial charge in [0, 0.05) is 24.2 Å². The lowest BCUT2D eigenvalue weighted by Crippen LogP contribution is -2.28. The van der Waals surface area contributed by atoms with Gasteiger partial charge in [0.05, 0.1) is 0 Å². The molecule has 0 unspecified atom stereocenters. The van der Waals surface area contributed by atoms with E-state index in [9.17, 15) is 4.79 Å². The summed E-state index contributed by atoms with van der Waals surface area (Å²) in [7, 11) is 0. The first-order valence-electron chi connectivity index (χ1n) is 6.63. The van der Waals surface area contributed by atoms with Crippen LogP contribution >= 0.6 is 0 Å². The first kappa shape index (κ1) is 12.1. The predicted octanol–water partition coefficient (Wildman–Crippen LogP) is 2.38. The van der Waals surface area contributed by atoms with E-state index in [1.807, 2.05) is 17.0 Å². The number of ether oxygens (including phenoxy) is 2. The van der Waals surface area contributed by atoms with Crippen molar-refractivity contribution in [3.63, 3.8) is 0 Å². The second-order valence-corrected chi connectivity index (χ2v) is 4.82. The van der Waals surface area contributed by atoms with E-state index in [-0.39, 0.29) is 12.7 Å². The van der Waals surface area contributed by atoms with Gasteiger partial charge in [-0.05, 0) is 31.4 Å². The minimum absolute atomic E-state index is 0.0904. The lowest BCUT2D eigenvalue weighted by molar-refractivity contribution is 0.0791. The maximum Gasteiger partial charge on any atom is 0.254 e. The molecule has 1 aromatic rings. The molecule has 2 aliphatic rings. The highest BCUT2D eigenvalue weighted by atomic mass is 16.7. The van der Waals surface area contributed by atoms with E-state index in [1.165, 1.54) is 0 Å². The van der Waals surface area contributed by atoms with Crippen molar-refractivity contribution in [2.24, 2.45) is 0 Å². The summed E-state index contributed by atoms with van der Waals surface area (Å²) in [5.41, 5.74) is 1.60. The summed E-state index contributed by atoms with van der Waals surface area (Å²) in [6, 6.07) is 3.66. The second-order valence-electron chi connectivity index (χ2n) is 4.82. The SMILES string of the molecule is C=CCc1c(C(=O)N2CCCC2)ccc2c1OCO2. The third kappa shape index (κ3) is 2.07. The summed E-state index contributed by atoms with van der Waals surface area (Å²) in [4.78, 5) is 14.4. The molecule has 1 saturated heterocycles. The average Bonchev–Trinajstić information content (AvgIpc) is 3.10. The van der Waals surface area contributed by atoms with Crippen LogP contribution in [-0.4, -0.2) is 30.7 Å². The molecule has 0 aliphatic carbocycles. The van der Waals surface area contributed by atoms with Crippen molar-refractivity contribution >= 4 is 5.91 Å². The van der Waals surface area contributed by atoms with E-state index in [0.29, 0.717) is 17.7 Å². The Morgan fingerprint density at radius 2 is 2.11 bits per heavy atom. The summed E-state index contributed by atoms with van der Waals surface area (Å²) in [5, 5.41) is 0. The molecule has 2 heterocycles. The van der Waals surface area contributed by atoms with Gasteiger partial charge in [-0.25, -0.2) is 0 Å². The van der Waals surface area contributed by atoms with Crippen molar-refractivity contribution in [2.75, 3.05) is 19.9 Å². The first-order chi connectivity index (χ1) is 9.31. The smallest absolute Gasteiger partial charge is 0.254 e. The van der Waals surface area contributed by atoms with E-state index in [4.69, 9.17) is 9.47 Å². The minimum Gasteiger partial charge on any atom is -0.454 e. The predicted molar refractivity (Wildman–Crippen MR) is 71.6 cm³/mol. The minimum atomic E-state index is 0.0904. The first-order valence-corrected chi connectivity index (χ1v) is 6.63. The van der Waals surface area contributed by atoms with Gasteiger partial charge in [0.1, 0.15) is 0 Å². The van der Waals surface area contributed by atoms with Crippen LogP contribution in [0.2, 0.25) is 0 Å². The molecule has 1 fully saturated rings. The van der Waals surface area contributed by atoms with Gasteiger partial charge in [0.25, 0.3) is 5.91 Å². The number of amides is 1. The van der Waals surface area contributed by atoms with Crippen LogP contribution in [0, 0.1) is 0 Å². The quantitative estimate of drug-likeness (QED) is 0.782. The zero-order valence-corrected chi connectivity index (χ0v) is 10.9. The molecule has 0 N–H and O–H groups in total. The number of nitrogens with zero attached hydrogens (tertiary/aromatic N) is 1. The molecule has 4 heteroatoms. The largest absolute Gasteiger partial charge is 0.454 e. The van der Waals surface area contributed by atoms with Crippen LogP contribution in [0.15, 0.2) is 24.8 Å². The fourth-order valence-corrected chi connectivity index (χ4v) is 2.67. The van der Waals surface area contributed by atoms with Crippen LogP contribution in [0.3, 0.4) is 0 Å². The van der Waals surface area contributed by atoms with Gasteiger partial charge < -0.3 is 14.4 Å². The fourth-order valence-electron chi connectivity index (χ4n) is 2.67. The van der Waals surface area contributed by atoms with Gasteiger partial charge in [0.15, 0.2) is 11.5 Å². The number of hydrogen-bond donors (Lipinski definition) is 0. The van der Waals surface area contributed by atoms with Crippen molar-refractivity contribution in [3.8, 4) is 11.5 Å². The molecule has 0 bridgehead atoms. The highest BCUT2D eigenvalue weighted by molar-refractivity contribution is 5.97. The second kappa shape index (κ2) is 4.96. The van der Waals surface area contributed by atoms with Crippen LogP contribution in [0.4, 0.5) is 0 Å². The summed E-state index contributed by atoms with van der Waals surface area (Å²) in [6.07, 6.45) is 4.58. The number of carbonyl (C=O) groups excluding carboxylic acids is 1. The molecule has 1 aromatic carbocycles. The van der Waals surface area contributed by atoms with Crippen LogP contribution in [0.1, 0.15) is 28.8 Å². The summed E-state index contributed by atoms with van der Waals surface area (Å²) in [5.74, 6) is 1.51. The van der Waals surface area contributed by atoms with E-state index < -0.39 is 0 Å². The lowest BCUT2D eigenvalue weighted by Gasteiger charge is -2.18. The molecular formula is C15H17NO3. The number of likely N-dealkylation sites (tertiary alicyclic amines) is 1. The van der Waals surface area contributed by atoms with Crippen LogP contribution in [0.25, 0.3) is 0 Å². The molecule has 4 nitrogen and oxygen atoms in total. The Morgan fingerprint density at radius 3 is 2.84 bits per heavy atom. The molecule has 1 amide bonds. The third-order valence-corrected chi connectivity index (χ3v) is 3.61. The van der Waals surface area contributed by atoms with Gasteiger partial charge in [-0.3, -0.25) is 4.79 Å². The monoisotopic (exact) mass is 259 g/mol. The molecular weight excluding hydrogens is 242 g/mol. The molecule has 2 aliphatic heterocycles. The normalized spacial score (nSPS) is 16.7. The van der Waals surface area contributed by atoms with E-state index >= 15 is 0 Å². The fraction of sp³-hybridized carbons (Fsp3) is 0.400. The highest BCUT2D eigenvalue weighted by Gasteiger charge is 2.26. The third-order valence-electron chi connectivity index (χ3n) is 3.61. The van der Waals surface area contributed by atoms with Crippen molar-refractivity contribution in [1.29, 1.82) is 0 Å². The van der Waals surface area contributed by atoms with Crippen LogP contribution in [-0.2, 0) is 6.42 Å². The van der Waals surface area contributed by atoms with Crippen LogP contribution < -0.4 is 9.47 Å². The zero-order valence-electron chi connectivity index (χ0n) is 10.9. The maximum absolute atomic E-state index is 12.5. The Balaban J connectivity index is 2.00. The van der Waals surface area contributed by atoms with Gasteiger partial charge >= 0.3 is 0 Å². The Bertz CT molecular complexity index is 518. The molecule has 100 valence electrons.